The van der Waals surface area contributed by atoms with Crippen LogP contribution in [-0.2, 0) is 17.7 Å². The topological polar surface area (TPSA) is 57.0 Å². The highest BCUT2D eigenvalue weighted by Gasteiger charge is 2.36. The molecule has 1 fully saturated rings. The first-order valence-electron chi connectivity index (χ1n) is 10.6. The Hall–Kier alpha value is -2.08. The number of nitrogens with two attached hydrogens (primary N) is 1. The molecule has 156 valence electrons. The largest absolute Gasteiger partial charge is 0.493 e. The molecule has 0 aromatic heterocycles. The molecule has 2 aromatic rings. The summed E-state index contributed by atoms with van der Waals surface area (Å²) in [5.41, 5.74) is 9.80. The van der Waals surface area contributed by atoms with Crippen LogP contribution in [0.2, 0.25) is 0 Å². The third-order valence-electron chi connectivity index (χ3n) is 6.40. The molecule has 0 spiro atoms. The van der Waals surface area contributed by atoms with Gasteiger partial charge in [-0.25, -0.2) is 0 Å². The van der Waals surface area contributed by atoms with Crippen molar-refractivity contribution in [2.24, 2.45) is 11.7 Å². The van der Waals surface area contributed by atoms with Gasteiger partial charge in [0.15, 0.2) is 11.5 Å². The zero-order valence-electron chi connectivity index (χ0n) is 17.5. The fourth-order valence-corrected chi connectivity index (χ4v) is 4.84. The normalized spacial score (nSPS) is 22.9. The predicted molar refractivity (Wildman–Crippen MR) is 114 cm³/mol. The zero-order chi connectivity index (χ0) is 20.2. The Kier molecular flexibility index (Phi) is 6.38. The fraction of sp³-hybridized carbons (Fsp3) is 0.500. The number of fused-ring (bicyclic) bond motifs is 1. The summed E-state index contributed by atoms with van der Waals surface area (Å²) in [5.74, 6) is 2.15. The molecule has 2 N–H and O–H groups in total. The van der Waals surface area contributed by atoms with E-state index in [-0.39, 0.29) is 12.2 Å². The van der Waals surface area contributed by atoms with E-state index in [2.05, 4.69) is 41.3 Å². The second-order valence-corrected chi connectivity index (χ2v) is 8.07. The Bertz CT molecular complexity index is 803. The van der Waals surface area contributed by atoms with Gasteiger partial charge in [-0.1, -0.05) is 36.4 Å². The predicted octanol–water partition coefficient (Wildman–Crippen LogP) is 3.56. The first-order chi connectivity index (χ1) is 14.2. The third-order valence-corrected chi connectivity index (χ3v) is 6.40. The van der Waals surface area contributed by atoms with Crippen molar-refractivity contribution in [2.75, 3.05) is 33.9 Å². The Morgan fingerprint density at radius 2 is 1.79 bits per heavy atom. The number of ether oxygens (including phenoxy) is 3. The molecule has 0 radical (unpaired) electrons. The number of nitrogens with zero attached hydrogens (tertiary/aromatic N) is 1. The molecular weight excluding hydrogens is 364 g/mol. The number of methoxy groups -OCH3 is 2. The van der Waals surface area contributed by atoms with Crippen molar-refractivity contribution in [2.45, 2.75) is 38.0 Å². The van der Waals surface area contributed by atoms with Crippen molar-refractivity contribution in [3.8, 4) is 11.5 Å². The molecule has 0 aliphatic carbocycles. The summed E-state index contributed by atoms with van der Waals surface area (Å²) in [6, 6.07) is 14.7. The second kappa shape index (κ2) is 9.16. The van der Waals surface area contributed by atoms with E-state index < -0.39 is 0 Å². The maximum atomic E-state index is 6.49. The van der Waals surface area contributed by atoms with E-state index in [0.717, 1.165) is 56.0 Å². The molecule has 2 heterocycles. The van der Waals surface area contributed by atoms with Gasteiger partial charge in [-0.05, 0) is 49.0 Å². The van der Waals surface area contributed by atoms with E-state index in [1.807, 2.05) is 6.07 Å². The lowest BCUT2D eigenvalue weighted by atomic mass is 9.83. The van der Waals surface area contributed by atoms with E-state index in [0.29, 0.717) is 12.5 Å². The van der Waals surface area contributed by atoms with Gasteiger partial charge >= 0.3 is 0 Å². The average Bonchev–Trinajstić information content (AvgIpc) is 2.78. The molecule has 2 atom stereocenters. The Labute approximate surface area is 173 Å². The smallest absolute Gasteiger partial charge is 0.164 e. The van der Waals surface area contributed by atoms with Crippen LogP contribution < -0.4 is 15.2 Å². The van der Waals surface area contributed by atoms with Gasteiger partial charge in [0.25, 0.3) is 0 Å². The monoisotopic (exact) mass is 396 g/mol. The first kappa shape index (κ1) is 20.2. The van der Waals surface area contributed by atoms with Gasteiger partial charge in [0.2, 0.25) is 0 Å². The van der Waals surface area contributed by atoms with Crippen molar-refractivity contribution >= 4 is 0 Å². The molecule has 0 amide bonds. The lowest BCUT2D eigenvalue weighted by Crippen LogP contribution is -2.42. The van der Waals surface area contributed by atoms with Gasteiger partial charge < -0.3 is 19.9 Å². The van der Waals surface area contributed by atoms with Crippen molar-refractivity contribution in [3.63, 3.8) is 0 Å². The van der Waals surface area contributed by atoms with Gasteiger partial charge in [0.05, 0.1) is 26.4 Å². The quantitative estimate of drug-likeness (QED) is 0.809. The van der Waals surface area contributed by atoms with Crippen molar-refractivity contribution in [1.82, 2.24) is 4.90 Å². The zero-order valence-corrected chi connectivity index (χ0v) is 17.5. The van der Waals surface area contributed by atoms with Crippen molar-refractivity contribution in [1.29, 1.82) is 0 Å². The van der Waals surface area contributed by atoms with Crippen LogP contribution in [0.4, 0.5) is 0 Å². The third kappa shape index (κ3) is 4.27. The van der Waals surface area contributed by atoms with Gasteiger partial charge in [-0.3, -0.25) is 4.90 Å². The Balaban J connectivity index is 1.45. The first-order valence-corrected chi connectivity index (χ1v) is 10.6. The van der Waals surface area contributed by atoms with E-state index in [1.165, 1.54) is 11.1 Å². The second-order valence-electron chi connectivity index (χ2n) is 8.07. The number of hydrogen-bond acceptors (Lipinski definition) is 5. The molecule has 1 saturated heterocycles. The lowest BCUT2D eigenvalue weighted by Gasteiger charge is -2.40. The molecule has 2 aliphatic heterocycles. The summed E-state index contributed by atoms with van der Waals surface area (Å²) < 4.78 is 17.7. The van der Waals surface area contributed by atoms with Crippen LogP contribution in [0.1, 0.15) is 35.6 Å². The van der Waals surface area contributed by atoms with Gasteiger partial charge in [-0.15, -0.1) is 0 Å². The average molecular weight is 397 g/mol. The van der Waals surface area contributed by atoms with Crippen molar-refractivity contribution < 1.29 is 14.2 Å². The molecule has 2 aromatic carbocycles. The number of rotatable bonds is 6. The highest BCUT2D eigenvalue weighted by Crippen LogP contribution is 2.43. The Morgan fingerprint density at radius 3 is 2.45 bits per heavy atom. The van der Waals surface area contributed by atoms with Crippen LogP contribution in [0.3, 0.4) is 0 Å². The van der Waals surface area contributed by atoms with Crippen LogP contribution in [0.15, 0.2) is 42.5 Å². The number of piperidine rings is 1. The standard InChI is InChI=1S/C24H32N2O3/c1-27-21-9-8-19-20(24(21)28-2)14-22(29-23(19)15-25)18-10-12-26(13-11-18)16-17-6-4-3-5-7-17/h3-9,18,22-23H,10-16,25H2,1-2H3/t22-,23-/m0/s1. The van der Waals surface area contributed by atoms with Crippen LogP contribution in [0.5, 0.6) is 11.5 Å². The maximum absolute atomic E-state index is 6.49. The minimum atomic E-state index is -0.0779. The van der Waals surface area contributed by atoms with E-state index in [1.54, 1.807) is 14.2 Å². The van der Waals surface area contributed by atoms with Gasteiger partial charge in [0, 0.05) is 25.1 Å². The SMILES string of the molecule is COc1ccc2c(c1OC)C[C@@H](C1CCN(Cc3ccccc3)CC1)O[C@H]2CN. The lowest BCUT2D eigenvalue weighted by molar-refractivity contribution is -0.0651. The van der Waals surface area contributed by atoms with E-state index >= 15 is 0 Å². The molecule has 4 rings (SSSR count). The maximum Gasteiger partial charge on any atom is 0.164 e. The molecule has 5 heteroatoms. The Morgan fingerprint density at radius 1 is 1.03 bits per heavy atom. The van der Waals surface area contributed by atoms with E-state index in [4.69, 9.17) is 19.9 Å². The summed E-state index contributed by atoms with van der Waals surface area (Å²) in [5, 5.41) is 0. The summed E-state index contributed by atoms with van der Waals surface area (Å²) in [4.78, 5) is 2.55. The highest BCUT2D eigenvalue weighted by atomic mass is 16.5. The minimum Gasteiger partial charge on any atom is -0.493 e. The van der Waals surface area contributed by atoms with Crippen LogP contribution in [0, 0.1) is 5.92 Å². The van der Waals surface area contributed by atoms with Gasteiger partial charge in [-0.2, -0.15) is 0 Å². The minimum absolute atomic E-state index is 0.0779. The van der Waals surface area contributed by atoms with Gasteiger partial charge in [0.1, 0.15) is 0 Å². The molecule has 0 saturated carbocycles. The summed E-state index contributed by atoms with van der Waals surface area (Å²) >= 11 is 0. The summed E-state index contributed by atoms with van der Waals surface area (Å²) in [6.45, 7) is 3.72. The highest BCUT2D eigenvalue weighted by molar-refractivity contribution is 5.52. The summed E-state index contributed by atoms with van der Waals surface area (Å²) in [6.07, 6.45) is 3.25. The molecule has 2 aliphatic rings. The summed E-state index contributed by atoms with van der Waals surface area (Å²) in [7, 11) is 3.39. The molecule has 29 heavy (non-hydrogen) atoms. The van der Waals surface area contributed by atoms with Crippen LogP contribution >= 0.6 is 0 Å². The number of hydrogen-bond donors (Lipinski definition) is 1. The fourth-order valence-electron chi connectivity index (χ4n) is 4.84. The molecule has 5 nitrogen and oxygen atoms in total. The molecule has 0 bridgehead atoms. The number of likely N-dealkylation sites (tertiary alicyclic amines) is 1. The van der Waals surface area contributed by atoms with E-state index in [9.17, 15) is 0 Å². The van der Waals surface area contributed by atoms with Crippen LogP contribution in [0.25, 0.3) is 0 Å². The molecule has 0 unspecified atom stereocenters. The number of benzene rings is 2. The van der Waals surface area contributed by atoms with Crippen molar-refractivity contribution in [3.05, 3.63) is 59.2 Å². The molecular formula is C24H32N2O3. The van der Waals surface area contributed by atoms with Crippen LogP contribution in [-0.4, -0.2) is 44.9 Å².